The molecule has 11 heteroatoms. The Kier molecular flexibility index (Phi) is 4.60. The van der Waals surface area contributed by atoms with Crippen LogP contribution in [-0.2, 0) is 9.36 Å². The molecule has 5 nitrogen and oxygen atoms in total. The van der Waals surface area contributed by atoms with Gasteiger partial charge < -0.3 is 0 Å². The van der Waals surface area contributed by atoms with Crippen molar-refractivity contribution < 1.29 is 22.5 Å². The fraction of sp³-hybridized carbons (Fsp3) is 0.500. The molecule has 0 heterocycles. The van der Waals surface area contributed by atoms with Crippen LogP contribution in [0.1, 0.15) is 0 Å². The quantitative estimate of drug-likeness (QED) is 0.513. The fourth-order valence-corrected chi connectivity index (χ4v) is 2.21. The molecule has 0 aromatic heterocycles. The van der Waals surface area contributed by atoms with Crippen molar-refractivity contribution in [1.82, 2.24) is 5.09 Å². The zero-order valence-corrected chi connectivity index (χ0v) is 8.40. The van der Waals surface area contributed by atoms with Gasteiger partial charge in [-0.2, -0.15) is 13.2 Å². The van der Waals surface area contributed by atoms with Gasteiger partial charge in [0, 0.05) is 23.1 Å². The smallest absolute Gasteiger partial charge is 0.281 e. The number of hydrogen-bond donors (Lipinski definition) is 3. The lowest BCUT2D eigenvalue weighted by Gasteiger charge is -2.13. The number of carbonyl (C=O) groups excluding carboxylic acids is 1. The van der Waals surface area contributed by atoms with E-state index in [0.29, 0.717) is 0 Å². The van der Waals surface area contributed by atoms with Crippen LogP contribution in [0.15, 0.2) is 0 Å². The highest BCUT2D eigenvalue weighted by Gasteiger charge is 2.42. The average molecular weight is 255 g/mol. The van der Waals surface area contributed by atoms with E-state index in [9.17, 15) is 22.5 Å². The lowest BCUT2D eigenvalue weighted by molar-refractivity contribution is -0.171. The van der Waals surface area contributed by atoms with Crippen LogP contribution in [0.3, 0.4) is 0 Å². The standard InChI is InChI=1S/C2H5F3N3O2PS2/c3-2(4,5)1(9)8-11(10,12-6)13-7/h6-7H2,(H,8,9,10). The summed E-state index contributed by atoms with van der Waals surface area (Å²) < 4.78 is 45.9. The number of rotatable bonds is 3. The molecular formula is C2H5F3N3O2PS2. The highest BCUT2D eigenvalue weighted by Crippen LogP contribution is 2.60. The van der Waals surface area contributed by atoms with E-state index in [4.69, 9.17) is 10.3 Å². The van der Waals surface area contributed by atoms with Crippen LogP contribution in [0.4, 0.5) is 13.2 Å². The monoisotopic (exact) mass is 255 g/mol. The SMILES string of the molecule is NSP(=O)(NC(=O)C(F)(F)F)SN. The average Bonchev–Trinajstić information content (AvgIpc) is 2.02. The molecule has 0 aromatic rings. The van der Waals surface area contributed by atoms with Crippen molar-refractivity contribution >= 4 is 34.7 Å². The van der Waals surface area contributed by atoms with Crippen LogP contribution >= 0.6 is 28.8 Å². The number of carbonyl (C=O) groups is 1. The molecule has 0 radical (unpaired) electrons. The Morgan fingerprint density at radius 1 is 1.31 bits per heavy atom. The molecule has 0 saturated heterocycles. The summed E-state index contributed by atoms with van der Waals surface area (Å²) in [5.74, 6) is -2.33. The highest BCUT2D eigenvalue weighted by molar-refractivity contribution is 8.89. The Hall–Kier alpha value is 0.110. The van der Waals surface area contributed by atoms with Crippen LogP contribution in [0.5, 0.6) is 0 Å². The van der Waals surface area contributed by atoms with Gasteiger partial charge in [0.05, 0.1) is 0 Å². The summed E-state index contributed by atoms with van der Waals surface area (Å²) in [6, 6.07) is 0. The lowest BCUT2D eigenvalue weighted by atomic mass is 10.6. The minimum absolute atomic E-state index is 0.0782. The lowest BCUT2D eigenvalue weighted by Crippen LogP contribution is -2.34. The summed E-state index contributed by atoms with van der Waals surface area (Å²) in [6.07, 6.45) is -5.10. The van der Waals surface area contributed by atoms with E-state index in [1.54, 1.807) is 0 Å². The molecule has 1 amide bonds. The number of hydrogen-bond acceptors (Lipinski definition) is 6. The second-order valence-corrected chi connectivity index (χ2v) is 8.33. The molecule has 0 spiro atoms. The topological polar surface area (TPSA) is 98.2 Å². The molecule has 0 unspecified atom stereocenters. The van der Waals surface area contributed by atoms with Gasteiger partial charge in [-0.1, -0.05) is 0 Å². The van der Waals surface area contributed by atoms with Gasteiger partial charge in [-0.05, 0) is 0 Å². The number of nitrogens with two attached hydrogens (primary N) is 2. The van der Waals surface area contributed by atoms with Crippen molar-refractivity contribution in [3.63, 3.8) is 0 Å². The maximum Gasteiger partial charge on any atom is 0.471 e. The third-order valence-corrected chi connectivity index (χ3v) is 5.57. The minimum Gasteiger partial charge on any atom is -0.281 e. The van der Waals surface area contributed by atoms with E-state index in [1.165, 1.54) is 5.09 Å². The predicted molar refractivity (Wildman–Crippen MR) is 45.4 cm³/mol. The molecule has 0 rings (SSSR count). The summed E-state index contributed by atoms with van der Waals surface area (Å²) in [6.45, 7) is 0. The van der Waals surface area contributed by atoms with Gasteiger partial charge in [0.15, 0.2) is 0 Å². The molecule has 0 saturated carbocycles. The van der Waals surface area contributed by atoms with Gasteiger partial charge in [0.2, 0.25) is 0 Å². The molecule has 0 aromatic carbocycles. The first-order valence-corrected chi connectivity index (χ1v) is 7.19. The molecule has 5 N–H and O–H groups in total. The molecule has 0 aliphatic carbocycles. The van der Waals surface area contributed by atoms with E-state index in [0.717, 1.165) is 0 Å². The minimum atomic E-state index is -5.10. The van der Waals surface area contributed by atoms with Crippen LogP contribution in [0.25, 0.3) is 0 Å². The predicted octanol–water partition coefficient (Wildman–Crippen LogP) is 0.987. The number of amides is 1. The fourth-order valence-electron chi connectivity index (χ4n) is 0.265. The van der Waals surface area contributed by atoms with E-state index >= 15 is 0 Å². The Morgan fingerprint density at radius 3 is 1.92 bits per heavy atom. The Morgan fingerprint density at radius 2 is 1.69 bits per heavy atom. The second-order valence-electron chi connectivity index (χ2n) is 1.65. The first kappa shape index (κ1) is 13.1. The normalized spacial score (nSPS) is 12.7. The third-order valence-electron chi connectivity index (χ3n) is 0.773. The Bertz CT molecular complexity index is 237. The number of nitrogens with one attached hydrogen (secondary N) is 1. The van der Waals surface area contributed by atoms with Gasteiger partial charge in [0.25, 0.3) is 0 Å². The zero-order chi connectivity index (χ0) is 10.7. The van der Waals surface area contributed by atoms with Crippen molar-refractivity contribution in [2.24, 2.45) is 10.3 Å². The van der Waals surface area contributed by atoms with Crippen LogP contribution < -0.4 is 15.4 Å². The maximum atomic E-state index is 11.6. The van der Waals surface area contributed by atoms with E-state index in [2.05, 4.69) is 0 Å². The largest absolute Gasteiger partial charge is 0.471 e. The summed E-state index contributed by atoms with van der Waals surface area (Å²) in [7, 11) is 0. The molecule has 0 bridgehead atoms. The van der Waals surface area contributed by atoms with Gasteiger partial charge in [-0.3, -0.25) is 24.7 Å². The summed E-state index contributed by atoms with van der Waals surface area (Å²) in [4.78, 5) is 10.3. The van der Waals surface area contributed by atoms with Gasteiger partial charge in [-0.15, -0.1) is 0 Å². The number of halogens is 3. The van der Waals surface area contributed by atoms with Crippen molar-refractivity contribution in [2.75, 3.05) is 0 Å². The number of alkyl halides is 3. The molecule has 0 fully saturated rings. The first-order chi connectivity index (χ1) is 5.75. The van der Waals surface area contributed by atoms with Crippen molar-refractivity contribution in [1.29, 1.82) is 0 Å². The zero-order valence-electron chi connectivity index (χ0n) is 5.87. The third kappa shape index (κ3) is 4.23. The molecule has 0 aliphatic heterocycles. The van der Waals surface area contributed by atoms with Gasteiger partial charge in [-0.25, -0.2) is 0 Å². The van der Waals surface area contributed by atoms with Crippen molar-refractivity contribution in [3.05, 3.63) is 0 Å². The van der Waals surface area contributed by atoms with Crippen LogP contribution in [-0.4, -0.2) is 12.1 Å². The summed E-state index contributed by atoms with van der Waals surface area (Å²) >= 11 is 0.156. The molecular weight excluding hydrogens is 250 g/mol. The summed E-state index contributed by atoms with van der Waals surface area (Å²) in [5.41, 5.74) is -3.76. The first-order valence-electron chi connectivity index (χ1n) is 2.51. The second kappa shape index (κ2) is 4.56. The Balaban J connectivity index is 4.45. The molecule has 0 atom stereocenters. The van der Waals surface area contributed by atoms with E-state index < -0.39 is 17.8 Å². The molecule has 13 heavy (non-hydrogen) atoms. The molecule has 78 valence electrons. The summed E-state index contributed by atoms with van der Waals surface area (Å²) in [5, 5.41) is 10.8. The highest BCUT2D eigenvalue weighted by atomic mass is 33.1. The van der Waals surface area contributed by atoms with E-state index in [1.807, 2.05) is 0 Å². The van der Waals surface area contributed by atoms with Crippen LogP contribution in [0.2, 0.25) is 0 Å². The Labute approximate surface area is 79.4 Å². The maximum absolute atomic E-state index is 11.6. The van der Waals surface area contributed by atoms with Crippen LogP contribution in [0, 0.1) is 0 Å². The van der Waals surface area contributed by atoms with Gasteiger partial charge in [0.1, 0.15) is 0 Å². The van der Waals surface area contributed by atoms with E-state index in [-0.39, 0.29) is 23.1 Å². The molecule has 0 aliphatic rings. The van der Waals surface area contributed by atoms with Crippen molar-refractivity contribution in [2.45, 2.75) is 6.18 Å². The van der Waals surface area contributed by atoms with Crippen molar-refractivity contribution in [3.8, 4) is 0 Å². The van der Waals surface area contributed by atoms with Gasteiger partial charge >= 0.3 is 17.8 Å².